The first-order valence-electron chi connectivity index (χ1n) is 12.0. The number of benzene rings is 2. The molecule has 2 aromatic heterocycles. The minimum atomic E-state index is -5.08. The number of aliphatic carboxylic acids is 1. The maximum absolute atomic E-state index is 10.6. The number of carboxylic acids is 1. The summed E-state index contributed by atoms with van der Waals surface area (Å²) in [6.07, 6.45) is 0.922. The van der Waals surface area contributed by atoms with E-state index in [4.69, 9.17) is 26.2 Å². The van der Waals surface area contributed by atoms with Gasteiger partial charge >= 0.3 is 12.1 Å². The third-order valence-electron chi connectivity index (χ3n) is 5.67. The van der Waals surface area contributed by atoms with Crippen molar-refractivity contribution in [2.45, 2.75) is 38.7 Å². The van der Waals surface area contributed by atoms with Crippen LogP contribution >= 0.6 is 11.6 Å². The van der Waals surface area contributed by atoms with Crippen molar-refractivity contribution in [3.63, 3.8) is 0 Å². The number of ether oxygens (including phenoxy) is 1. The Balaban J connectivity index is 0.000000470. The first kappa shape index (κ1) is 28.7. The van der Waals surface area contributed by atoms with Gasteiger partial charge in [-0.25, -0.2) is 19.4 Å². The molecule has 11 nitrogen and oxygen atoms in total. The molecule has 1 atom stereocenters. The molecular formula is C25H24ClF3N8O3. The Morgan fingerprint density at radius 2 is 1.93 bits per heavy atom. The highest BCUT2D eigenvalue weighted by Gasteiger charge is 2.38. The summed E-state index contributed by atoms with van der Waals surface area (Å²) in [6, 6.07) is 12.0. The molecule has 5 rings (SSSR count). The second kappa shape index (κ2) is 12.7. The van der Waals surface area contributed by atoms with Crippen molar-refractivity contribution in [3.8, 4) is 16.9 Å². The number of rotatable bonds is 7. The van der Waals surface area contributed by atoms with E-state index in [2.05, 4.69) is 54.3 Å². The second-order valence-electron chi connectivity index (χ2n) is 8.74. The zero-order chi connectivity index (χ0) is 28.7. The predicted molar refractivity (Wildman–Crippen MR) is 139 cm³/mol. The van der Waals surface area contributed by atoms with Gasteiger partial charge in [0, 0.05) is 30.2 Å². The Hall–Kier alpha value is -4.30. The third kappa shape index (κ3) is 7.86. The Morgan fingerprint density at radius 3 is 2.60 bits per heavy atom. The molecule has 2 aromatic carbocycles. The van der Waals surface area contributed by atoms with Crippen molar-refractivity contribution in [2.24, 2.45) is 0 Å². The van der Waals surface area contributed by atoms with Crippen molar-refractivity contribution >= 4 is 29.2 Å². The highest BCUT2D eigenvalue weighted by Crippen LogP contribution is 2.31. The summed E-state index contributed by atoms with van der Waals surface area (Å²) in [4.78, 5) is 17.9. The second-order valence-corrected chi connectivity index (χ2v) is 9.15. The van der Waals surface area contributed by atoms with Gasteiger partial charge in [-0.15, -0.1) is 5.10 Å². The van der Waals surface area contributed by atoms with Crippen LogP contribution in [0.15, 0.2) is 55.1 Å². The lowest BCUT2D eigenvalue weighted by Gasteiger charge is -2.18. The molecule has 3 heterocycles. The number of aromatic nitrogens is 6. The highest BCUT2D eigenvalue weighted by molar-refractivity contribution is 6.32. The summed E-state index contributed by atoms with van der Waals surface area (Å²) in [7, 11) is 0. The fraction of sp³-hybridized carbons (Fsp3) is 0.280. The van der Waals surface area contributed by atoms with Crippen LogP contribution < -0.4 is 15.4 Å². The minimum Gasteiger partial charge on any atom is -0.487 e. The topological polar surface area (TPSA) is 140 Å². The van der Waals surface area contributed by atoms with Crippen LogP contribution in [-0.2, 0) is 24.3 Å². The van der Waals surface area contributed by atoms with Crippen molar-refractivity contribution < 1.29 is 27.8 Å². The molecule has 40 heavy (non-hydrogen) atoms. The standard InChI is InChI=1S/C23H23ClN8O.C2HF3O2/c1-15(13-32-14-28-30-31-32)33-22-9-17(3-5-21(22)24)19-11-26-23(27-12-19)29-20-4-2-16-6-7-25-10-18(16)8-20;3-2(4,5)1(6)7/h2-5,8-9,11-12,14-15,25H,6-7,10,13H2,1H3,(H,26,27,29);(H,6,7). The van der Waals surface area contributed by atoms with Gasteiger partial charge in [0.15, 0.2) is 0 Å². The molecular weight excluding hydrogens is 553 g/mol. The quantitative estimate of drug-likeness (QED) is 0.292. The summed E-state index contributed by atoms with van der Waals surface area (Å²) in [5.41, 5.74) is 5.46. The van der Waals surface area contributed by atoms with Crippen LogP contribution in [-0.4, -0.2) is 60.1 Å². The molecule has 4 aromatic rings. The fourth-order valence-electron chi connectivity index (χ4n) is 3.78. The van der Waals surface area contributed by atoms with E-state index in [9.17, 15) is 13.2 Å². The smallest absolute Gasteiger partial charge is 0.487 e. The molecule has 0 saturated heterocycles. The number of carbonyl (C=O) groups is 1. The first-order chi connectivity index (χ1) is 19.1. The predicted octanol–water partition coefficient (Wildman–Crippen LogP) is 4.27. The van der Waals surface area contributed by atoms with E-state index in [0.717, 1.165) is 36.3 Å². The van der Waals surface area contributed by atoms with Gasteiger partial charge in [0.05, 0.1) is 11.6 Å². The van der Waals surface area contributed by atoms with Crippen LogP contribution in [0.4, 0.5) is 24.8 Å². The summed E-state index contributed by atoms with van der Waals surface area (Å²) in [6.45, 7) is 4.36. The number of hydrogen-bond donors (Lipinski definition) is 3. The number of fused-ring (bicyclic) bond motifs is 1. The van der Waals surface area contributed by atoms with Crippen LogP contribution in [0.5, 0.6) is 5.75 Å². The van der Waals surface area contributed by atoms with Gasteiger partial charge in [-0.2, -0.15) is 13.2 Å². The van der Waals surface area contributed by atoms with Crippen LogP contribution in [0, 0.1) is 0 Å². The molecule has 3 N–H and O–H groups in total. The van der Waals surface area contributed by atoms with Crippen molar-refractivity contribution in [1.82, 2.24) is 35.5 Å². The van der Waals surface area contributed by atoms with Gasteiger partial charge in [0.25, 0.3) is 0 Å². The first-order valence-corrected chi connectivity index (χ1v) is 12.4. The summed E-state index contributed by atoms with van der Waals surface area (Å²) in [5, 5.41) is 25.5. The Bertz CT molecular complexity index is 1440. The molecule has 0 spiro atoms. The number of tetrazole rings is 1. The molecule has 0 radical (unpaired) electrons. The molecule has 1 unspecified atom stereocenters. The molecule has 1 aliphatic heterocycles. The number of nitrogens with one attached hydrogen (secondary N) is 2. The molecule has 0 amide bonds. The van der Waals surface area contributed by atoms with Gasteiger partial charge in [0.1, 0.15) is 18.2 Å². The average Bonchev–Trinajstić information content (AvgIpc) is 3.43. The highest BCUT2D eigenvalue weighted by atomic mass is 35.5. The summed E-state index contributed by atoms with van der Waals surface area (Å²) < 4.78 is 39.4. The van der Waals surface area contributed by atoms with Crippen molar-refractivity contribution in [3.05, 3.63) is 71.3 Å². The summed E-state index contributed by atoms with van der Waals surface area (Å²) in [5.74, 6) is -1.63. The Morgan fingerprint density at radius 1 is 1.18 bits per heavy atom. The van der Waals surface area contributed by atoms with E-state index < -0.39 is 12.1 Å². The number of anilines is 2. The Kier molecular flexibility index (Phi) is 9.11. The number of halogens is 4. The van der Waals surface area contributed by atoms with E-state index >= 15 is 0 Å². The Labute approximate surface area is 231 Å². The van der Waals surface area contributed by atoms with E-state index in [1.165, 1.54) is 11.1 Å². The van der Waals surface area contributed by atoms with Gasteiger partial charge in [-0.05, 0) is 71.3 Å². The van der Waals surface area contributed by atoms with Crippen LogP contribution in [0.2, 0.25) is 5.02 Å². The lowest BCUT2D eigenvalue weighted by atomic mass is 10.0. The van der Waals surface area contributed by atoms with E-state index in [1.54, 1.807) is 23.4 Å². The molecule has 210 valence electrons. The van der Waals surface area contributed by atoms with Crippen LogP contribution in [0.25, 0.3) is 11.1 Å². The zero-order valence-electron chi connectivity index (χ0n) is 21.1. The molecule has 0 fully saturated rings. The number of carboxylic acid groups (broad SMARTS) is 1. The largest absolute Gasteiger partial charge is 0.490 e. The van der Waals surface area contributed by atoms with Crippen molar-refractivity contribution in [2.75, 3.05) is 11.9 Å². The van der Waals surface area contributed by atoms with Gasteiger partial charge in [-0.1, -0.05) is 23.7 Å². The number of hydrogen-bond acceptors (Lipinski definition) is 9. The SMILES string of the molecule is CC(Cn1cnnn1)Oc1cc(-c2cnc(Nc3ccc4c(c3)CNCC4)nc2)ccc1Cl.O=C(O)C(F)(F)F. The van der Waals surface area contributed by atoms with Gasteiger partial charge in [0.2, 0.25) is 5.95 Å². The molecule has 1 aliphatic rings. The minimum absolute atomic E-state index is 0.170. The summed E-state index contributed by atoms with van der Waals surface area (Å²) >= 11 is 6.36. The number of nitrogens with zero attached hydrogens (tertiary/aromatic N) is 6. The number of alkyl halides is 3. The normalized spacial score (nSPS) is 13.4. The van der Waals surface area contributed by atoms with E-state index in [0.29, 0.717) is 23.3 Å². The molecule has 0 bridgehead atoms. The average molecular weight is 577 g/mol. The third-order valence-corrected chi connectivity index (χ3v) is 5.98. The van der Waals surface area contributed by atoms with Crippen LogP contribution in [0.1, 0.15) is 18.1 Å². The lowest BCUT2D eigenvalue weighted by molar-refractivity contribution is -0.192. The van der Waals surface area contributed by atoms with Crippen LogP contribution in [0.3, 0.4) is 0 Å². The lowest BCUT2D eigenvalue weighted by Crippen LogP contribution is -2.23. The van der Waals surface area contributed by atoms with Crippen molar-refractivity contribution in [1.29, 1.82) is 0 Å². The molecule has 0 aliphatic carbocycles. The van der Waals surface area contributed by atoms with Gasteiger partial charge < -0.3 is 20.5 Å². The molecule has 15 heteroatoms. The maximum Gasteiger partial charge on any atom is 0.490 e. The fourth-order valence-corrected chi connectivity index (χ4v) is 3.95. The molecule has 0 saturated carbocycles. The van der Waals surface area contributed by atoms with E-state index in [1.807, 2.05) is 25.1 Å². The zero-order valence-corrected chi connectivity index (χ0v) is 21.8. The maximum atomic E-state index is 10.6. The van der Waals surface area contributed by atoms with E-state index in [-0.39, 0.29) is 6.10 Å². The monoisotopic (exact) mass is 576 g/mol. The van der Waals surface area contributed by atoms with Gasteiger partial charge in [-0.3, -0.25) is 0 Å².